The summed E-state index contributed by atoms with van der Waals surface area (Å²) in [5.41, 5.74) is 1.58. The summed E-state index contributed by atoms with van der Waals surface area (Å²) in [6, 6.07) is 8.14. The summed E-state index contributed by atoms with van der Waals surface area (Å²) in [6.45, 7) is 6.16. The van der Waals surface area contributed by atoms with E-state index in [4.69, 9.17) is 4.74 Å². The van der Waals surface area contributed by atoms with Gasteiger partial charge in [0.15, 0.2) is 0 Å². The molecule has 5 nitrogen and oxygen atoms in total. The fourth-order valence-electron chi connectivity index (χ4n) is 3.91. The number of carbonyl (C=O) groups excluding carboxylic acids is 1. The smallest absolute Gasteiger partial charge is 0.268 e. The first-order chi connectivity index (χ1) is 11.7. The van der Waals surface area contributed by atoms with Gasteiger partial charge in [-0.3, -0.25) is 4.79 Å². The summed E-state index contributed by atoms with van der Waals surface area (Å²) in [7, 11) is 0. The van der Waals surface area contributed by atoms with Crippen LogP contribution in [0.4, 0.5) is 0 Å². The molecule has 2 N–H and O–H groups in total. The van der Waals surface area contributed by atoms with Gasteiger partial charge in [0.05, 0.1) is 6.61 Å². The number of hydrogen-bond acceptors (Lipinski definition) is 3. The van der Waals surface area contributed by atoms with Gasteiger partial charge in [-0.1, -0.05) is 6.92 Å². The first kappa shape index (κ1) is 15.5. The third kappa shape index (κ3) is 3.00. The summed E-state index contributed by atoms with van der Waals surface area (Å²) in [5.74, 6) is 1.48. The largest absolute Gasteiger partial charge is 0.494 e. The third-order valence-electron chi connectivity index (χ3n) is 5.28. The van der Waals surface area contributed by atoms with E-state index < -0.39 is 0 Å². The van der Waals surface area contributed by atoms with Crippen LogP contribution in [0.15, 0.2) is 24.3 Å². The van der Waals surface area contributed by atoms with E-state index >= 15 is 0 Å². The van der Waals surface area contributed by atoms with Gasteiger partial charge in [-0.15, -0.1) is 0 Å². The number of nitrogens with zero attached hydrogens (tertiary/aromatic N) is 1. The van der Waals surface area contributed by atoms with Crippen LogP contribution >= 0.6 is 0 Å². The molecule has 128 valence electrons. The van der Waals surface area contributed by atoms with Crippen LogP contribution in [0.25, 0.3) is 10.9 Å². The zero-order valence-corrected chi connectivity index (χ0v) is 14.2. The van der Waals surface area contributed by atoms with Crippen molar-refractivity contribution >= 4 is 16.8 Å². The number of nitrogens with one attached hydrogen (secondary N) is 2. The number of aromatic amines is 1. The molecule has 5 heteroatoms. The van der Waals surface area contributed by atoms with Crippen LogP contribution in [-0.2, 0) is 0 Å². The van der Waals surface area contributed by atoms with Crippen molar-refractivity contribution < 1.29 is 9.53 Å². The summed E-state index contributed by atoms with van der Waals surface area (Å²) in [4.78, 5) is 18.3. The third-order valence-corrected chi connectivity index (χ3v) is 5.28. The van der Waals surface area contributed by atoms with Gasteiger partial charge in [0.25, 0.3) is 5.91 Å². The first-order valence-corrected chi connectivity index (χ1v) is 9.01. The minimum absolute atomic E-state index is 0.000904. The Labute approximate surface area is 142 Å². The van der Waals surface area contributed by atoms with Crippen LogP contribution < -0.4 is 10.1 Å². The van der Waals surface area contributed by atoms with Crippen molar-refractivity contribution in [3.05, 3.63) is 30.0 Å². The van der Waals surface area contributed by atoms with E-state index in [-0.39, 0.29) is 11.9 Å². The van der Waals surface area contributed by atoms with Gasteiger partial charge >= 0.3 is 0 Å². The Morgan fingerprint density at radius 2 is 2.17 bits per heavy atom. The number of carbonyl (C=O) groups is 1. The topological polar surface area (TPSA) is 57.4 Å². The molecule has 1 aromatic heterocycles. The number of rotatable bonds is 5. The predicted octanol–water partition coefficient (Wildman–Crippen LogP) is 2.78. The number of amides is 1. The average molecular weight is 327 g/mol. The Bertz CT molecular complexity index is 731. The first-order valence-electron chi connectivity index (χ1n) is 9.01. The summed E-state index contributed by atoms with van der Waals surface area (Å²) < 4.78 is 5.66. The molecule has 1 aromatic carbocycles. The minimum Gasteiger partial charge on any atom is -0.494 e. The maximum Gasteiger partial charge on any atom is 0.268 e. The van der Waals surface area contributed by atoms with E-state index in [0.717, 1.165) is 29.6 Å². The van der Waals surface area contributed by atoms with Crippen molar-refractivity contribution in [3.63, 3.8) is 0 Å². The minimum atomic E-state index is 0.000904. The summed E-state index contributed by atoms with van der Waals surface area (Å²) >= 11 is 0. The van der Waals surface area contributed by atoms with Crippen LogP contribution in [0.2, 0.25) is 0 Å². The van der Waals surface area contributed by atoms with E-state index in [0.29, 0.717) is 18.2 Å². The molecule has 1 unspecified atom stereocenters. The molecule has 3 saturated heterocycles. The molecule has 24 heavy (non-hydrogen) atoms. The van der Waals surface area contributed by atoms with Crippen LogP contribution in [0.3, 0.4) is 0 Å². The Morgan fingerprint density at radius 1 is 1.33 bits per heavy atom. The number of ether oxygens (including phenoxy) is 1. The monoisotopic (exact) mass is 327 g/mol. The maximum atomic E-state index is 12.6. The van der Waals surface area contributed by atoms with Crippen molar-refractivity contribution in [2.24, 2.45) is 5.92 Å². The van der Waals surface area contributed by atoms with Crippen LogP contribution in [0, 0.1) is 5.92 Å². The molecule has 1 amide bonds. The lowest BCUT2D eigenvalue weighted by Crippen LogP contribution is -2.57. The molecule has 1 atom stereocenters. The number of H-pyrrole nitrogens is 1. The lowest BCUT2D eigenvalue weighted by Gasteiger charge is -2.44. The quantitative estimate of drug-likeness (QED) is 0.888. The second kappa shape index (κ2) is 6.48. The second-order valence-electron chi connectivity index (χ2n) is 7.00. The van der Waals surface area contributed by atoms with Gasteiger partial charge in [-0.05, 0) is 56.5 Å². The SMILES string of the molecule is CCCOc1ccc2cc(C(=O)NC3CN4CCC3CC4)[nH]c2c1. The van der Waals surface area contributed by atoms with E-state index in [1.54, 1.807) is 0 Å². The number of benzene rings is 1. The molecule has 0 radical (unpaired) electrons. The highest BCUT2D eigenvalue weighted by Crippen LogP contribution is 2.28. The number of hydrogen-bond donors (Lipinski definition) is 2. The molecule has 4 heterocycles. The molecule has 5 rings (SSSR count). The highest BCUT2D eigenvalue weighted by Gasteiger charge is 2.35. The van der Waals surface area contributed by atoms with Gasteiger partial charge in [0.2, 0.25) is 0 Å². The van der Waals surface area contributed by atoms with Gasteiger partial charge < -0.3 is 19.9 Å². The van der Waals surface area contributed by atoms with E-state index in [9.17, 15) is 4.79 Å². The van der Waals surface area contributed by atoms with Crippen molar-refractivity contribution in [1.29, 1.82) is 0 Å². The van der Waals surface area contributed by atoms with Crippen LogP contribution in [0.1, 0.15) is 36.7 Å². The molecule has 2 aromatic rings. The molecule has 3 aliphatic heterocycles. The van der Waals surface area contributed by atoms with Crippen molar-refractivity contribution in [3.8, 4) is 5.75 Å². The average Bonchev–Trinajstić information content (AvgIpc) is 3.04. The molecule has 2 bridgehead atoms. The lowest BCUT2D eigenvalue weighted by molar-refractivity contribution is 0.0618. The summed E-state index contributed by atoms with van der Waals surface area (Å²) in [5, 5.41) is 4.27. The Hall–Kier alpha value is -2.01. The maximum absolute atomic E-state index is 12.6. The lowest BCUT2D eigenvalue weighted by atomic mass is 9.84. The second-order valence-corrected chi connectivity index (χ2v) is 7.00. The number of aromatic nitrogens is 1. The normalized spacial score (nSPS) is 25.8. The Balaban J connectivity index is 1.48. The van der Waals surface area contributed by atoms with E-state index in [1.807, 2.05) is 24.3 Å². The zero-order chi connectivity index (χ0) is 16.5. The molecule has 3 aliphatic rings. The Morgan fingerprint density at radius 3 is 2.88 bits per heavy atom. The van der Waals surface area contributed by atoms with Crippen LogP contribution in [-0.4, -0.2) is 48.1 Å². The van der Waals surface area contributed by atoms with Crippen molar-refractivity contribution in [2.75, 3.05) is 26.2 Å². The standard InChI is InChI=1S/C19H25N3O2/c1-2-9-24-15-4-3-14-10-17(20-16(14)11-15)19(23)21-18-12-22-7-5-13(18)6-8-22/h3-4,10-11,13,18,20H,2,5-9,12H2,1H3,(H,21,23). The predicted molar refractivity (Wildman–Crippen MR) is 94.5 cm³/mol. The van der Waals surface area contributed by atoms with E-state index in [1.165, 1.54) is 25.9 Å². The molecule has 0 spiro atoms. The highest BCUT2D eigenvalue weighted by molar-refractivity contribution is 5.98. The summed E-state index contributed by atoms with van der Waals surface area (Å²) in [6.07, 6.45) is 3.39. The molecular formula is C19H25N3O2. The molecule has 0 aliphatic carbocycles. The van der Waals surface area contributed by atoms with Crippen molar-refractivity contribution in [1.82, 2.24) is 15.2 Å². The number of piperidine rings is 3. The van der Waals surface area contributed by atoms with Crippen molar-refractivity contribution in [2.45, 2.75) is 32.2 Å². The molecular weight excluding hydrogens is 302 g/mol. The number of fused-ring (bicyclic) bond motifs is 4. The fraction of sp³-hybridized carbons (Fsp3) is 0.526. The van der Waals surface area contributed by atoms with E-state index in [2.05, 4.69) is 22.1 Å². The van der Waals surface area contributed by atoms with Gasteiger partial charge in [-0.2, -0.15) is 0 Å². The Kier molecular flexibility index (Phi) is 4.19. The van der Waals surface area contributed by atoms with Crippen LogP contribution in [0.5, 0.6) is 5.75 Å². The van der Waals surface area contributed by atoms with Gasteiger partial charge in [0, 0.05) is 29.6 Å². The fourth-order valence-corrected chi connectivity index (χ4v) is 3.91. The molecule has 0 saturated carbocycles. The van der Waals surface area contributed by atoms with Gasteiger partial charge in [-0.25, -0.2) is 0 Å². The van der Waals surface area contributed by atoms with Gasteiger partial charge in [0.1, 0.15) is 11.4 Å². The molecule has 3 fully saturated rings. The zero-order valence-electron chi connectivity index (χ0n) is 14.2. The highest BCUT2D eigenvalue weighted by atomic mass is 16.5.